The summed E-state index contributed by atoms with van der Waals surface area (Å²) in [4.78, 5) is 0. The van der Waals surface area contributed by atoms with Crippen LogP contribution >= 0.6 is 11.6 Å². The van der Waals surface area contributed by atoms with Crippen LogP contribution in [0.5, 0.6) is 0 Å². The van der Waals surface area contributed by atoms with Crippen LogP contribution in [-0.2, 0) is 0 Å². The smallest absolute Gasteiger partial charge is 0.0672 e. The van der Waals surface area contributed by atoms with Crippen molar-refractivity contribution < 1.29 is 0 Å². The summed E-state index contributed by atoms with van der Waals surface area (Å²) in [5.74, 6) is 0.00661. The molecule has 3 heteroatoms. The van der Waals surface area contributed by atoms with Gasteiger partial charge in [0.1, 0.15) is 0 Å². The fourth-order valence-corrected chi connectivity index (χ4v) is 1.92. The number of nitrogens with one attached hydrogen (secondary N) is 1. The lowest BCUT2D eigenvalue weighted by atomic mass is 9.78. The van der Waals surface area contributed by atoms with Gasteiger partial charge in [-0.3, -0.25) is 0 Å². The minimum Gasteiger partial charge on any atom is -0.312 e. The quantitative estimate of drug-likeness (QED) is 0.609. The van der Waals surface area contributed by atoms with Gasteiger partial charge >= 0.3 is 0 Å². The van der Waals surface area contributed by atoms with Crippen LogP contribution in [0.25, 0.3) is 0 Å². The van der Waals surface area contributed by atoms with E-state index >= 15 is 0 Å². The summed E-state index contributed by atoms with van der Waals surface area (Å²) in [6, 6.07) is 2.69. The number of nitriles is 1. The molecule has 0 aromatic heterocycles. The molecule has 0 radical (unpaired) electrons. The molecular formula is C10H17ClN2. The molecule has 1 aliphatic heterocycles. The highest BCUT2D eigenvalue weighted by atomic mass is 35.5. The van der Waals surface area contributed by atoms with Crippen molar-refractivity contribution in [1.29, 1.82) is 5.26 Å². The summed E-state index contributed by atoms with van der Waals surface area (Å²) in [6.07, 6.45) is 0.869. The van der Waals surface area contributed by atoms with Crippen LogP contribution in [0.3, 0.4) is 0 Å². The normalized spacial score (nSPS) is 35.5. The zero-order valence-electron chi connectivity index (χ0n) is 8.47. The highest BCUT2D eigenvalue weighted by Gasteiger charge is 2.34. The molecule has 3 atom stereocenters. The molecule has 3 unspecified atom stereocenters. The van der Waals surface area contributed by atoms with Crippen molar-refractivity contribution in [2.75, 3.05) is 6.54 Å². The molecule has 0 saturated carbocycles. The third-order valence-corrected chi connectivity index (χ3v) is 3.16. The number of piperidine rings is 1. The van der Waals surface area contributed by atoms with Gasteiger partial charge in [-0.2, -0.15) is 5.26 Å². The summed E-state index contributed by atoms with van der Waals surface area (Å²) < 4.78 is 0. The zero-order chi connectivity index (χ0) is 10.1. The molecule has 2 nitrogen and oxygen atoms in total. The zero-order valence-corrected chi connectivity index (χ0v) is 9.23. The first-order chi connectivity index (χ1) is 5.95. The summed E-state index contributed by atoms with van der Waals surface area (Å²) in [7, 11) is 0. The average Bonchev–Trinajstić information content (AvgIpc) is 2.03. The molecule has 1 aliphatic rings. The molecular weight excluding hydrogens is 184 g/mol. The van der Waals surface area contributed by atoms with E-state index in [0.717, 1.165) is 13.0 Å². The van der Waals surface area contributed by atoms with Gasteiger partial charge in [0, 0.05) is 12.6 Å². The van der Waals surface area contributed by atoms with Gasteiger partial charge in [-0.1, -0.05) is 20.8 Å². The molecule has 1 saturated heterocycles. The van der Waals surface area contributed by atoms with E-state index in [0.29, 0.717) is 6.04 Å². The summed E-state index contributed by atoms with van der Waals surface area (Å²) >= 11 is 6.01. The standard InChI is InChI=1S/C10H17ClN2/c1-10(2,3)9-4-7(5-12)8(11)6-13-9/h7-9,13H,4,6H2,1-3H3. The molecule has 0 amide bonds. The Bertz CT molecular complexity index is 214. The van der Waals surface area contributed by atoms with E-state index in [1.807, 2.05) is 0 Å². The van der Waals surface area contributed by atoms with Crippen LogP contribution < -0.4 is 5.32 Å². The SMILES string of the molecule is CC(C)(C)C1CC(C#N)C(Cl)CN1. The lowest BCUT2D eigenvalue weighted by Crippen LogP contribution is -2.50. The van der Waals surface area contributed by atoms with Crippen molar-refractivity contribution in [2.24, 2.45) is 11.3 Å². The number of alkyl halides is 1. The van der Waals surface area contributed by atoms with Crippen molar-refractivity contribution in [2.45, 2.75) is 38.6 Å². The Morgan fingerprint density at radius 2 is 2.08 bits per heavy atom. The van der Waals surface area contributed by atoms with Gasteiger partial charge in [-0.25, -0.2) is 0 Å². The predicted molar refractivity (Wildman–Crippen MR) is 54.6 cm³/mol. The number of hydrogen-bond acceptors (Lipinski definition) is 2. The summed E-state index contributed by atoms with van der Waals surface area (Å²) in [5, 5.41) is 12.2. The minimum absolute atomic E-state index is 0.00661. The van der Waals surface area contributed by atoms with E-state index < -0.39 is 0 Å². The van der Waals surface area contributed by atoms with Crippen molar-refractivity contribution in [3.63, 3.8) is 0 Å². The minimum atomic E-state index is -0.0244. The molecule has 1 fully saturated rings. The van der Waals surface area contributed by atoms with Gasteiger partial charge in [0.05, 0.1) is 17.4 Å². The van der Waals surface area contributed by atoms with Gasteiger partial charge in [0.15, 0.2) is 0 Å². The number of nitrogens with zero attached hydrogens (tertiary/aromatic N) is 1. The second-order valence-corrected chi connectivity index (χ2v) is 5.37. The third kappa shape index (κ3) is 2.59. The van der Waals surface area contributed by atoms with Crippen LogP contribution in [0.15, 0.2) is 0 Å². The molecule has 0 aromatic rings. The molecule has 1 heterocycles. The first kappa shape index (κ1) is 10.8. The Kier molecular flexibility index (Phi) is 3.21. The Balaban J connectivity index is 2.61. The lowest BCUT2D eigenvalue weighted by Gasteiger charge is -2.38. The first-order valence-electron chi connectivity index (χ1n) is 4.72. The van der Waals surface area contributed by atoms with Gasteiger partial charge in [-0.05, 0) is 11.8 Å². The molecule has 0 aromatic carbocycles. The van der Waals surface area contributed by atoms with Crippen LogP contribution in [-0.4, -0.2) is 18.0 Å². The lowest BCUT2D eigenvalue weighted by molar-refractivity contribution is 0.207. The third-order valence-electron chi connectivity index (χ3n) is 2.70. The fraction of sp³-hybridized carbons (Fsp3) is 0.900. The van der Waals surface area contributed by atoms with Crippen molar-refractivity contribution in [1.82, 2.24) is 5.32 Å². The van der Waals surface area contributed by atoms with E-state index in [9.17, 15) is 0 Å². The van der Waals surface area contributed by atoms with Gasteiger partial charge in [0.25, 0.3) is 0 Å². The Hall–Kier alpha value is -0.260. The van der Waals surface area contributed by atoms with Crippen LogP contribution in [0, 0.1) is 22.7 Å². The van der Waals surface area contributed by atoms with Crippen molar-refractivity contribution >= 4 is 11.6 Å². The molecule has 0 aliphatic carbocycles. The van der Waals surface area contributed by atoms with Gasteiger partial charge < -0.3 is 5.32 Å². The summed E-state index contributed by atoms with van der Waals surface area (Å²) in [5.41, 5.74) is 0.214. The molecule has 1 N–H and O–H groups in total. The second kappa shape index (κ2) is 3.86. The largest absolute Gasteiger partial charge is 0.312 e. The Morgan fingerprint density at radius 1 is 1.46 bits per heavy atom. The molecule has 0 spiro atoms. The van der Waals surface area contributed by atoms with E-state index in [1.165, 1.54) is 0 Å². The summed E-state index contributed by atoms with van der Waals surface area (Å²) in [6.45, 7) is 7.32. The van der Waals surface area contributed by atoms with E-state index in [1.54, 1.807) is 0 Å². The van der Waals surface area contributed by atoms with E-state index in [2.05, 4.69) is 32.2 Å². The molecule has 74 valence electrons. The average molecular weight is 201 g/mol. The van der Waals surface area contributed by atoms with Crippen LogP contribution in [0.4, 0.5) is 0 Å². The van der Waals surface area contributed by atoms with Crippen LogP contribution in [0.1, 0.15) is 27.2 Å². The monoisotopic (exact) mass is 200 g/mol. The first-order valence-corrected chi connectivity index (χ1v) is 5.16. The Labute approximate surface area is 85.3 Å². The molecule has 0 bridgehead atoms. The van der Waals surface area contributed by atoms with Gasteiger partial charge in [0.2, 0.25) is 0 Å². The van der Waals surface area contributed by atoms with E-state index in [4.69, 9.17) is 16.9 Å². The highest BCUT2D eigenvalue weighted by Crippen LogP contribution is 2.30. The van der Waals surface area contributed by atoms with Crippen LogP contribution in [0.2, 0.25) is 0 Å². The van der Waals surface area contributed by atoms with Gasteiger partial charge in [-0.15, -0.1) is 11.6 Å². The maximum absolute atomic E-state index is 8.88. The number of halogens is 1. The highest BCUT2D eigenvalue weighted by molar-refractivity contribution is 6.21. The fourth-order valence-electron chi connectivity index (χ4n) is 1.68. The molecule has 1 rings (SSSR count). The number of rotatable bonds is 0. The van der Waals surface area contributed by atoms with E-state index in [-0.39, 0.29) is 16.7 Å². The van der Waals surface area contributed by atoms with Crippen molar-refractivity contribution in [3.8, 4) is 6.07 Å². The number of hydrogen-bond donors (Lipinski definition) is 1. The maximum atomic E-state index is 8.88. The predicted octanol–water partition coefficient (Wildman–Crippen LogP) is 2.14. The molecule has 13 heavy (non-hydrogen) atoms. The Morgan fingerprint density at radius 3 is 2.54 bits per heavy atom. The maximum Gasteiger partial charge on any atom is 0.0672 e. The topological polar surface area (TPSA) is 35.8 Å². The second-order valence-electron chi connectivity index (χ2n) is 4.81. The van der Waals surface area contributed by atoms with Crippen molar-refractivity contribution in [3.05, 3.63) is 0 Å².